The van der Waals surface area contributed by atoms with Gasteiger partial charge in [-0.25, -0.2) is 14.1 Å². The number of phosphoric acid groups is 1. The molecule has 6 atom stereocenters. The quantitative estimate of drug-likeness (QED) is 0.0297. The van der Waals surface area contributed by atoms with Crippen LogP contribution in [0.25, 0.3) is 5.52 Å². The summed E-state index contributed by atoms with van der Waals surface area (Å²) in [4.78, 5) is 22.8. The minimum absolute atomic E-state index is 0.192. The average molecular weight is 823 g/mol. The van der Waals surface area contributed by atoms with Gasteiger partial charge in [0.2, 0.25) is 0 Å². The number of fused-ring (bicyclic) bond motifs is 1. The molecule has 1 aliphatic rings. The standard InChI is InChI=1S/C40H64ClN6O8P/c1-3-4-5-6-7-8-9-10-11-12-13-14-15-16-17-18-19-20-33(52-26-31-23-32(41)25-44-24-31)27-53-56(50,51)54-29-40(28-43-2)38(49)36(48)37(55-40)34-21-22-35-39(42)45-30-46-47(34)35/h21-25,28,30,33,36-38,48-49H,3-20,26-27,29H2,1-2H3,(H,50,51)(H2,42,45,46)/b43-28-/t33-,36+,37+,38+,40-/m1/s1. The summed E-state index contributed by atoms with van der Waals surface area (Å²) in [6.45, 7) is 1.59. The lowest BCUT2D eigenvalue weighted by Gasteiger charge is -2.28. The maximum absolute atomic E-state index is 13.2. The van der Waals surface area contributed by atoms with Gasteiger partial charge in [-0.1, -0.05) is 128 Å². The lowest BCUT2D eigenvalue weighted by Crippen LogP contribution is -2.48. The number of hydrogen-bond donors (Lipinski definition) is 4. The second-order valence-corrected chi connectivity index (χ2v) is 16.8. The number of rotatable bonds is 29. The van der Waals surface area contributed by atoms with Gasteiger partial charge in [-0.05, 0) is 30.2 Å². The van der Waals surface area contributed by atoms with E-state index in [4.69, 9.17) is 35.9 Å². The number of hydrogen-bond acceptors (Lipinski definition) is 12. The van der Waals surface area contributed by atoms with Crippen molar-refractivity contribution in [3.05, 3.63) is 53.2 Å². The van der Waals surface area contributed by atoms with Crippen LogP contribution in [-0.4, -0.2) is 85.1 Å². The predicted molar refractivity (Wildman–Crippen MR) is 219 cm³/mol. The molecule has 0 aromatic carbocycles. The number of ether oxygens (including phenoxy) is 2. The van der Waals surface area contributed by atoms with Crippen molar-refractivity contribution in [1.29, 1.82) is 0 Å². The third-order valence-corrected chi connectivity index (χ3v) is 11.5. The number of unbranched alkanes of at least 4 members (excludes halogenated alkanes) is 16. The summed E-state index contributed by atoms with van der Waals surface area (Å²) in [5.41, 5.74) is 5.81. The van der Waals surface area contributed by atoms with Crippen molar-refractivity contribution in [2.75, 3.05) is 26.0 Å². The van der Waals surface area contributed by atoms with Crippen LogP contribution in [0.4, 0.5) is 5.82 Å². The zero-order valence-corrected chi connectivity index (χ0v) is 34.9. The van der Waals surface area contributed by atoms with Crippen molar-refractivity contribution in [1.82, 2.24) is 19.6 Å². The Bertz CT molecular complexity index is 1650. The highest BCUT2D eigenvalue weighted by atomic mass is 35.5. The van der Waals surface area contributed by atoms with Crippen LogP contribution in [0.3, 0.4) is 0 Å². The Labute approximate surface area is 337 Å². The van der Waals surface area contributed by atoms with Crippen LogP contribution in [0.5, 0.6) is 0 Å². The lowest BCUT2D eigenvalue weighted by atomic mass is 9.96. The Balaban J connectivity index is 1.21. The number of aliphatic hydroxyl groups excluding tert-OH is 2. The molecule has 1 fully saturated rings. The van der Waals surface area contributed by atoms with Gasteiger partial charge in [0.25, 0.3) is 0 Å². The lowest BCUT2D eigenvalue weighted by molar-refractivity contribution is -0.0655. The highest BCUT2D eigenvalue weighted by molar-refractivity contribution is 7.47. The Morgan fingerprint density at radius 2 is 1.61 bits per heavy atom. The average Bonchev–Trinajstić information content (AvgIpc) is 3.72. The van der Waals surface area contributed by atoms with Crippen molar-refractivity contribution in [2.45, 2.75) is 159 Å². The van der Waals surface area contributed by atoms with E-state index in [0.29, 0.717) is 22.7 Å². The number of aliphatic hydroxyl groups is 2. The maximum Gasteiger partial charge on any atom is 0.472 e. The largest absolute Gasteiger partial charge is 0.472 e. The van der Waals surface area contributed by atoms with Crippen LogP contribution in [0.1, 0.15) is 140 Å². The second-order valence-electron chi connectivity index (χ2n) is 14.9. The molecule has 4 rings (SSSR count). The van der Waals surface area contributed by atoms with Gasteiger partial charge in [0, 0.05) is 25.7 Å². The van der Waals surface area contributed by atoms with E-state index in [1.807, 2.05) is 0 Å². The number of nitrogens with two attached hydrogens (primary N) is 1. The molecular weight excluding hydrogens is 759 g/mol. The smallest absolute Gasteiger partial charge is 0.387 e. The van der Waals surface area contributed by atoms with Crippen LogP contribution in [0.2, 0.25) is 5.02 Å². The van der Waals surface area contributed by atoms with Crippen molar-refractivity contribution in [2.24, 2.45) is 4.99 Å². The van der Waals surface area contributed by atoms with Crippen molar-refractivity contribution < 1.29 is 38.2 Å². The van der Waals surface area contributed by atoms with E-state index in [2.05, 4.69) is 27.0 Å². The number of halogens is 1. The van der Waals surface area contributed by atoms with E-state index < -0.39 is 44.4 Å². The molecule has 3 aromatic rings. The molecule has 0 aliphatic carbocycles. The monoisotopic (exact) mass is 822 g/mol. The normalized spacial score (nSPS) is 21.6. The molecule has 14 nitrogen and oxygen atoms in total. The SMILES string of the molecule is CCCCCCCCCCCCCCCCCCC[C@H](COP(=O)(O)OC[C@@]1(/C=N\C)O[C@@H](c2ccc3c(N)ncnn23)[C@H](O)[C@@H]1O)OCc1cncc(Cl)c1. The highest BCUT2D eigenvalue weighted by Crippen LogP contribution is 2.47. The topological polar surface area (TPSA) is 196 Å². The molecular formula is C40H64ClN6O8P. The molecule has 0 amide bonds. The predicted octanol–water partition coefficient (Wildman–Crippen LogP) is 8.35. The minimum Gasteiger partial charge on any atom is -0.387 e. The van der Waals surface area contributed by atoms with E-state index in [1.165, 1.54) is 120 Å². The van der Waals surface area contributed by atoms with E-state index in [9.17, 15) is 19.7 Å². The minimum atomic E-state index is -4.71. The summed E-state index contributed by atoms with van der Waals surface area (Å²) in [6.07, 6.45) is 23.3. The molecule has 0 spiro atoms. The summed E-state index contributed by atoms with van der Waals surface area (Å²) in [7, 11) is -3.26. The summed E-state index contributed by atoms with van der Waals surface area (Å²) < 4.78 is 37.8. The summed E-state index contributed by atoms with van der Waals surface area (Å²) >= 11 is 6.11. The van der Waals surface area contributed by atoms with E-state index in [-0.39, 0.29) is 19.0 Å². The Kier molecular flexibility index (Phi) is 20.1. The number of nitrogens with zero attached hydrogens (tertiary/aromatic N) is 5. The van der Waals surface area contributed by atoms with Crippen LogP contribution < -0.4 is 5.73 Å². The second kappa shape index (κ2) is 24.4. The summed E-state index contributed by atoms with van der Waals surface area (Å²) in [5, 5.41) is 26.9. The fourth-order valence-electron chi connectivity index (χ4n) is 7.19. The number of aliphatic imine (C=N–C) groups is 1. The van der Waals surface area contributed by atoms with E-state index in [1.54, 1.807) is 24.4 Å². The van der Waals surface area contributed by atoms with Gasteiger partial charge in [0.15, 0.2) is 11.4 Å². The molecule has 56 heavy (non-hydrogen) atoms. The Morgan fingerprint density at radius 3 is 2.21 bits per heavy atom. The van der Waals surface area contributed by atoms with Gasteiger partial charge >= 0.3 is 7.82 Å². The number of aromatic nitrogens is 4. The number of nitrogen functional groups attached to an aromatic ring is 1. The van der Waals surface area contributed by atoms with Gasteiger partial charge in [-0.15, -0.1) is 0 Å². The van der Waals surface area contributed by atoms with Gasteiger partial charge in [0.1, 0.15) is 30.2 Å². The Morgan fingerprint density at radius 1 is 0.982 bits per heavy atom. The number of pyridine rings is 1. The highest BCUT2D eigenvalue weighted by Gasteiger charge is 2.55. The van der Waals surface area contributed by atoms with Gasteiger partial charge in [-0.2, -0.15) is 5.10 Å². The van der Waals surface area contributed by atoms with Gasteiger partial charge in [-0.3, -0.25) is 19.0 Å². The fourth-order valence-corrected chi connectivity index (χ4v) is 8.18. The van der Waals surface area contributed by atoms with E-state index >= 15 is 0 Å². The fraction of sp³-hybridized carbons (Fsp3) is 0.700. The molecule has 0 saturated carbocycles. The van der Waals surface area contributed by atoms with Crippen LogP contribution in [0, 0.1) is 0 Å². The van der Waals surface area contributed by atoms with Crippen molar-refractivity contribution in [3.63, 3.8) is 0 Å². The van der Waals surface area contributed by atoms with Crippen LogP contribution in [0.15, 0.2) is 41.9 Å². The zero-order valence-electron chi connectivity index (χ0n) is 33.2. The first-order valence-electron chi connectivity index (χ1n) is 20.5. The van der Waals surface area contributed by atoms with Crippen LogP contribution >= 0.6 is 19.4 Å². The molecule has 5 N–H and O–H groups in total. The first kappa shape index (κ1) is 46.2. The van der Waals surface area contributed by atoms with Gasteiger partial charge < -0.3 is 30.3 Å². The molecule has 1 saturated heterocycles. The van der Waals surface area contributed by atoms with Crippen molar-refractivity contribution >= 4 is 37.0 Å². The zero-order chi connectivity index (χ0) is 40.2. The first-order valence-corrected chi connectivity index (χ1v) is 22.3. The Hall–Kier alpha value is -2.52. The molecule has 16 heteroatoms. The molecule has 1 aliphatic heterocycles. The summed E-state index contributed by atoms with van der Waals surface area (Å²) in [5.74, 6) is 0.221. The van der Waals surface area contributed by atoms with E-state index in [0.717, 1.165) is 24.8 Å². The number of anilines is 1. The summed E-state index contributed by atoms with van der Waals surface area (Å²) in [6, 6.07) is 5.06. The molecule has 3 aromatic heterocycles. The molecule has 314 valence electrons. The van der Waals surface area contributed by atoms with Crippen LogP contribution in [-0.2, 0) is 29.7 Å². The molecule has 1 unspecified atom stereocenters. The maximum atomic E-state index is 13.2. The number of phosphoric ester groups is 1. The first-order chi connectivity index (χ1) is 27.1. The molecule has 0 bridgehead atoms. The van der Waals surface area contributed by atoms with Gasteiger partial charge in [0.05, 0.1) is 36.6 Å². The molecule has 0 radical (unpaired) electrons. The van der Waals surface area contributed by atoms with Crippen molar-refractivity contribution in [3.8, 4) is 0 Å². The third-order valence-electron chi connectivity index (χ3n) is 10.4. The third kappa shape index (κ3) is 14.7. The molecule has 4 heterocycles.